The van der Waals surface area contributed by atoms with Crippen LogP contribution in [-0.4, -0.2) is 26.7 Å². The molecule has 1 aliphatic heterocycles. The molecule has 138 valence electrons. The quantitative estimate of drug-likeness (QED) is 0.761. The molecule has 1 aromatic carbocycles. The van der Waals surface area contributed by atoms with Gasteiger partial charge < -0.3 is 14.9 Å². The average Bonchev–Trinajstić information content (AvgIpc) is 2.69. The average molecular weight is 387 g/mol. The van der Waals surface area contributed by atoms with E-state index in [0.717, 1.165) is 0 Å². The fraction of sp³-hybridized carbons (Fsp3) is 0.500. The molecule has 0 spiro atoms. The fourth-order valence-electron chi connectivity index (χ4n) is 2.57. The van der Waals surface area contributed by atoms with Crippen LogP contribution in [0.3, 0.4) is 0 Å². The smallest absolute Gasteiger partial charge is 0.353 e. The first-order valence-corrected chi connectivity index (χ1v) is 9.36. The molecule has 0 saturated carbocycles. The Morgan fingerprint density at radius 3 is 1.84 bits per heavy atom. The number of carbonyl (C=O) groups excluding carboxylic acids is 1. The molecule has 25 heavy (non-hydrogen) atoms. The summed E-state index contributed by atoms with van der Waals surface area (Å²) in [5.41, 5.74) is 0.450. The summed E-state index contributed by atoms with van der Waals surface area (Å²) in [5, 5.41) is 20.2. The summed E-state index contributed by atoms with van der Waals surface area (Å²) in [6.07, 6.45) is -1.63. The van der Waals surface area contributed by atoms with Crippen LogP contribution in [0.15, 0.2) is 27.0 Å². The molecule has 0 fully saturated rings. The summed E-state index contributed by atoms with van der Waals surface area (Å²) in [5.74, 6) is -0.747. The van der Waals surface area contributed by atoms with E-state index in [2.05, 4.69) is 4.74 Å². The number of carbonyl (C=O) groups is 1. The van der Waals surface area contributed by atoms with Gasteiger partial charge >= 0.3 is 5.97 Å². The summed E-state index contributed by atoms with van der Waals surface area (Å²) < 4.78 is 17.6. The lowest BCUT2D eigenvalue weighted by Crippen LogP contribution is -2.19. The molecule has 0 aliphatic carbocycles. The third-order valence-corrected chi connectivity index (χ3v) is 5.89. The molecule has 2 unspecified atom stereocenters. The normalized spacial score (nSPS) is 20.0. The summed E-state index contributed by atoms with van der Waals surface area (Å²) in [6, 6.07) is 3.24. The lowest BCUT2D eigenvalue weighted by molar-refractivity contribution is -0.150. The van der Waals surface area contributed by atoms with Gasteiger partial charge in [0.05, 0.1) is 10.8 Å². The zero-order valence-corrected chi connectivity index (χ0v) is 16.7. The number of ether oxygens (including phenoxy) is 1. The molecule has 2 atom stereocenters. The largest absolute Gasteiger partial charge is 0.507 e. The van der Waals surface area contributed by atoms with Crippen LogP contribution in [0.5, 0.6) is 5.75 Å². The Hall–Kier alpha value is -1.37. The minimum Gasteiger partial charge on any atom is -0.507 e. The number of phenolic OH excluding ortho intramolecular Hbond substituents is 1. The van der Waals surface area contributed by atoms with E-state index in [1.165, 1.54) is 0 Å². The predicted octanol–water partition coefficient (Wildman–Crippen LogP) is 3.42. The standard InChI is InChI=1S/C18H23ClO5S/c1-17(2,3)10-7-9(8-11(13(10)20)18(4,5)6)25(23)14-12(19)15(21)24-16(14)22/h7-8,16,20,22H,1-6H3. The molecule has 7 heteroatoms. The van der Waals surface area contributed by atoms with Crippen LogP contribution in [0.1, 0.15) is 52.7 Å². The van der Waals surface area contributed by atoms with Crippen molar-refractivity contribution in [2.45, 2.75) is 63.6 Å². The van der Waals surface area contributed by atoms with Gasteiger partial charge in [0, 0.05) is 16.0 Å². The SMILES string of the molecule is CC(C)(C)c1cc(S(=O)C2=C(Cl)C(=O)OC2O)cc(C(C)(C)C)c1O. The monoisotopic (exact) mass is 386 g/mol. The molecule has 0 aromatic heterocycles. The van der Waals surface area contributed by atoms with Crippen LogP contribution < -0.4 is 0 Å². The van der Waals surface area contributed by atoms with Gasteiger partial charge in [-0.15, -0.1) is 0 Å². The summed E-state index contributed by atoms with van der Waals surface area (Å²) in [6.45, 7) is 11.6. The van der Waals surface area contributed by atoms with Crippen LogP contribution in [0, 0.1) is 0 Å². The number of aliphatic hydroxyl groups excluding tert-OH is 1. The molecule has 1 heterocycles. The van der Waals surface area contributed by atoms with E-state index in [0.29, 0.717) is 16.0 Å². The van der Waals surface area contributed by atoms with Crippen molar-refractivity contribution >= 4 is 28.4 Å². The first-order chi connectivity index (χ1) is 11.2. The zero-order chi connectivity index (χ0) is 19.3. The first kappa shape index (κ1) is 19.9. The second-order valence-electron chi connectivity index (χ2n) is 8.07. The molecular formula is C18H23ClO5S. The third kappa shape index (κ3) is 3.76. The number of rotatable bonds is 2. The maximum absolute atomic E-state index is 13.0. The van der Waals surface area contributed by atoms with Gasteiger partial charge in [-0.2, -0.15) is 0 Å². The fourth-order valence-corrected chi connectivity index (χ4v) is 4.10. The Morgan fingerprint density at radius 2 is 1.52 bits per heavy atom. The number of benzene rings is 1. The maximum Gasteiger partial charge on any atom is 0.353 e. The Labute approximate surface area is 155 Å². The highest BCUT2D eigenvalue weighted by atomic mass is 35.5. The van der Waals surface area contributed by atoms with Gasteiger partial charge in [-0.1, -0.05) is 53.1 Å². The number of hydrogen-bond donors (Lipinski definition) is 2. The van der Waals surface area contributed by atoms with Crippen molar-refractivity contribution in [1.29, 1.82) is 0 Å². The van der Waals surface area contributed by atoms with Crippen molar-refractivity contribution in [3.8, 4) is 5.75 Å². The molecule has 5 nitrogen and oxygen atoms in total. The van der Waals surface area contributed by atoms with Gasteiger partial charge in [-0.25, -0.2) is 9.00 Å². The van der Waals surface area contributed by atoms with Crippen molar-refractivity contribution in [2.24, 2.45) is 0 Å². The van der Waals surface area contributed by atoms with Gasteiger partial charge in [0.25, 0.3) is 0 Å². The second-order valence-corrected chi connectivity index (χ2v) is 9.90. The Morgan fingerprint density at radius 1 is 1.08 bits per heavy atom. The number of phenols is 1. The number of halogens is 1. The Kier molecular flexibility index (Phi) is 5.12. The van der Waals surface area contributed by atoms with Crippen molar-refractivity contribution in [3.63, 3.8) is 0 Å². The number of aliphatic hydroxyl groups is 1. The van der Waals surface area contributed by atoms with E-state index in [1.807, 2.05) is 41.5 Å². The van der Waals surface area contributed by atoms with Crippen molar-refractivity contribution in [2.75, 3.05) is 0 Å². The summed E-state index contributed by atoms with van der Waals surface area (Å²) in [7, 11) is -1.90. The number of esters is 1. The Bertz CT molecular complexity index is 749. The molecule has 0 bridgehead atoms. The lowest BCUT2D eigenvalue weighted by Gasteiger charge is -2.28. The van der Waals surface area contributed by atoms with Crippen LogP contribution >= 0.6 is 11.6 Å². The van der Waals surface area contributed by atoms with E-state index in [1.54, 1.807) is 12.1 Å². The molecule has 1 aromatic rings. The minimum absolute atomic E-state index is 0.153. The van der Waals surface area contributed by atoms with E-state index in [-0.39, 0.29) is 15.7 Å². The number of cyclic esters (lactones) is 1. The van der Waals surface area contributed by atoms with Gasteiger partial charge in [0.2, 0.25) is 6.29 Å². The molecule has 1 aliphatic rings. The molecule has 0 radical (unpaired) electrons. The molecule has 2 N–H and O–H groups in total. The topological polar surface area (TPSA) is 83.8 Å². The highest BCUT2D eigenvalue weighted by Gasteiger charge is 2.37. The van der Waals surface area contributed by atoms with E-state index in [9.17, 15) is 19.2 Å². The van der Waals surface area contributed by atoms with E-state index in [4.69, 9.17) is 11.6 Å². The van der Waals surface area contributed by atoms with Gasteiger partial charge in [0.15, 0.2) is 0 Å². The van der Waals surface area contributed by atoms with Gasteiger partial charge in [-0.3, -0.25) is 0 Å². The van der Waals surface area contributed by atoms with Crippen molar-refractivity contribution < 1.29 is 24.0 Å². The lowest BCUT2D eigenvalue weighted by atomic mass is 9.79. The van der Waals surface area contributed by atoms with E-state index >= 15 is 0 Å². The van der Waals surface area contributed by atoms with Gasteiger partial charge in [-0.05, 0) is 23.0 Å². The second kappa shape index (κ2) is 6.41. The highest BCUT2D eigenvalue weighted by molar-refractivity contribution is 7.89. The Balaban J connectivity index is 2.71. The summed E-state index contributed by atoms with van der Waals surface area (Å²) >= 11 is 5.86. The highest BCUT2D eigenvalue weighted by Crippen LogP contribution is 2.41. The van der Waals surface area contributed by atoms with Crippen LogP contribution in [0.2, 0.25) is 0 Å². The van der Waals surface area contributed by atoms with Crippen LogP contribution in [0.25, 0.3) is 0 Å². The molecule has 2 rings (SSSR count). The van der Waals surface area contributed by atoms with Crippen LogP contribution in [0.4, 0.5) is 0 Å². The van der Waals surface area contributed by atoms with Crippen molar-refractivity contribution in [3.05, 3.63) is 33.2 Å². The maximum atomic E-state index is 13.0. The number of aromatic hydroxyl groups is 1. The molecular weight excluding hydrogens is 364 g/mol. The van der Waals surface area contributed by atoms with E-state index < -0.39 is 33.9 Å². The predicted molar refractivity (Wildman–Crippen MR) is 96.9 cm³/mol. The molecule has 0 amide bonds. The zero-order valence-electron chi connectivity index (χ0n) is 15.1. The first-order valence-electron chi connectivity index (χ1n) is 7.83. The van der Waals surface area contributed by atoms with Gasteiger partial charge in [0.1, 0.15) is 15.7 Å². The minimum atomic E-state index is -1.90. The van der Waals surface area contributed by atoms with Crippen LogP contribution in [-0.2, 0) is 31.2 Å². The third-order valence-electron chi connectivity index (χ3n) is 3.95. The molecule has 0 saturated heterocycles. The van der Waals surface area contributed by atoms with Crippen molar-refractivity contribution in [1.82, 2.24) is 0 Å². The number of hydrogen-bond acceptors (Lipinski definition) is 5. The summed E-state index contributed by atoms with van der Waals surface area (Å²) in [4.78, 5) is 11.7.